The zero-order valence-electron chi connectivity index (χ0n) is 12.4. The maximum Gasteiger partial charge on any atom is 0.101 e. The van der Waals surface area contributed by atoms with Crippen molar-refractivity contribution in [3.8, 4) is 11.1 Å². The summed E-state index contributed by atoms with van der Waals surface area (Å²) in [5.41, 5.74) is 4.87. The summed E-state index contributed by atoms with van der Waals surface area (Å²) in [6, 6.07) is 20.9. The van der Waals surface area contributed by atoms with Gasteiger partial charge in [0.2, 0.25) is 0 Å². The van der Waals surface area contributed by atoms with Gasteiger partial charge in [-0.05, 0) is 40.5 Å². The lowest BCUT2D eigenvalue weighted by molar-refractivity contribution is 1.06. The highest BCUT2D eigenvalue weighted by Gasteiger charge is 2.08. The van der Waals surface area contributed by atoms with Crippen LogP contribution in [0.25, 0.3) is 11.1 Å². The minimum Gasteiger partial charge on any atom is -0.250 e. The highest BCUT2D eigenvalue weighted by molar-refractivity contribution is 9.10. The van der Waals surface area contributed by atoms with E-state index in [4.69, 9.17) is 11.6 Å². The smallest absolute Gasteiger partial charge is 0.101 e. The second-order valence-corrected chi connectivity index (χ2v) is 7.20. The molecule has 0 saturated heterocycles. The number of aromatic nitrogens is 1. The summed E-state index contributed by atoms with van der Waals surface area (Å²) >= 11 is 11.2. The van der Waals surface area contributed by atoms with Crippen molar-refractivity contribution in [2.75, 3.05) is 0 Å². The van der Waals surface area contributed by atoms with Gasteiger partial charge in [0.05, 0.1) is 5.88 Å². The van der Waals surface area contributed by atoms with Gasteiger partial charge in [0.25, 0.3) is 0 Å². The zero-order valence-corrected chi connectivity index (χ0v) is 15.5. The van der Waals surface area contributed by atoms with E-state index < -0.39 is 0 Å². The molecule has 116 valence electrons. The van der Waals surface area contributed by atoms with E-state index >= 15 is 0 Å². The molecule has 2 aromatic carbocycles. The Hall–Kier alpha value is -1.29. The second kappa shape index (κ2) is 8.00. The molecule has 0 spiro atoms. The van der Waals surface area contributed by atoms with Gasteiger partial charge in [0, 0.05) is 16.4 Å². The van der Waals surface area contributed by atoms with Crippen LogP contribution in [-0.4, -0.2) is 4.98 Å². The third kappa shape index (κ3) is 4.17. The predicted molar refractivity (Wildman–Crippen MR) is 103 cm³/mol. The van der Waals surface area contributed by atoms with E-state index in [-0.39, 0.29) is 0 Å². The van der Waals surface area contributed by atoms with Gasteiger partial charge in [-0.3, -0.25) is 0 Å². The van der Waals surface area contributed by atoms with Crippen molar-refractivity contribution in [1.82, 2.24) is 4.98 Å². The molecule has 4 heteroatoms. The fraction of sp³-hybridized carbons (Fsp3) is 0.105. The fourth-order valence-corrected chi connectivity index (χ4v) is 3.92. The lowest BCUT2D eigenvalue weighted by Gasteiger charge is -2.11. The molecule has 3 aromatic rings. The maximum absolute atomic E-state index is 6.00. The van der Waals surface area contributed by atoms with Crippen molar-refractivity contribution in [3.05, 3.63) is 82.5 Å². The Morgan fingerprint density at radius 3 is 2.43 bits per heavy atom. The molecular weight excluding hydrogens is 390 g/mol. The number of alkyl halides is 1. The molecule has 0 amide bonds. The van der Waals surface area contributed by atoms with Crippen LogP contribution in [0, 0.1) is 0 Å². The largest absolute Gasteiger partial charge is 0.250 e. The molecule has 0 fully saturated rings. The third-order valence-electron chi connectivity index (χ3n) is 3.53. The Labute approximate surface area is 154 Å². The van der Waals surface area contributed by atoms with Gasteiger partial charge >= 0.3 is 0 Å². The molecule has 0 N–H and O–H groups in total. The predicted octanol–water partition coefficient (Wildman–Crippen LogP) is 6.54. The van der Waals surface area contributed by atoms with E-state index in [0.717, 1.165) is 20.8 Å². The van der Waals surface area contributed by atoms with Crippen molar-refractivity contribution < 1.29 is 0 Å². The Morgan fingerprint density at radius 2 is 1.65 bits per heavy atom. The quantitative estimate of drug-likeness (QED) is 0.353. The average molecular weight is 405 g/mol. The van der Waals surface area contributed by atoms with Crippen LogP contribution in [0.5, 0.6) is 0 Å². The third-order valence-corrected chi connectivity index (χ3v) is 5.44. The summed E-state index contributed by atoms with van der Waals surface area (Å²) in [5.74, 6) is 1.36. The van der Waals surface area contributed by atoms with Gasteiger partial charge < -0.3 is 0 Å². The molecule has 0 atom stereocenters. The zero-order chi connectivity index (χ0) is 16.1. The molecular formula is C19H15BrClNS. The van der Waals surface area contributed by atoms with Crippen LogP contribution in [0.1, 0.15) is 11.1 Å². The van der Waals surface area contributed by atoms with Crippen LogP contribution in [0.4, 0.5) is 0 Å². The average Bonchev–Trinajstić information content (AvgIpc) is 2.61. The van der Waals surface area contributed by atoms with Crippen molar-refractivity contribution in [2.24, 2.45) is 0 Å². The number of rotatable bonds is 5. The van der Waals surface area contributed by atoms with Crippen molar-refractivity contribution in [3.63, 3.8) is 0 Å². The van der Waals surface area contributed by atoms with Crippen molar-refractivity contribution >= 4 is 39.3 Å². The SMILES string of the molecule is ClCc1cccnc1SCc1ccccc1-c1ccc(Br)cc1. The Morgan fingerprint density at radius 1 is 0.913 bits per heavy atom. The number of hydrogen-bond acceptors (Lipinski definition) is 2. The molecule has 0 aliphatic carbocycles. The number of pyridine rings is 1. The number of halogens is 2. The molecule has 1 aromatic heterocycles. The molecule has 3 rings (SSSR count). The Balaban J connectivity index is 1.85. The lowest BCUT2D eigenvalue weighted by atomic mass is 10.0. The Bertz CT molecular complexity index is 789. The molecule has 1 nitrogen and oxygen atoms in total. The minimum absolute atomic E-state index is 0.491. The summed E-state index contributed by atoms with van der Waals surface area (Å²) in [6.45, 7) is 0. The maximum atomic E-state index is 6.00. The molecule has 0 aliphatic rings. The monoisotopic (exact) mass is 403 g/mol. The van der Waals surface area contributed by atoms with Crippen LogP contribution < -0.4 is 0 Å². The molecule has 0 radical (unpaired) electrons. The summed E-state index contributed by atoms with van der Waals surface area (Å²) < 4.78 is 1.09. The number of thioether (sulfide) groups is 1. The number of benzene rings is 2. The number of nitrogens with zero attached hydrogens (tertiary/aromatic N) is 1. The van der Waals surface area contributed by atoms with E-state index in [1.807, 2.05) is 18.3 Å². The topological polar surface area (TPSA) is 12.9 Å². The first-order valence-corrected chi connectivity index (χ1v) is 9.56. The molecule has 1 heterocycles. The molecule has 23 heavy (non-hydrogen) atoms. The van der Waals surface area contributed by atoms with Crippen LogP contribution in [-0.2, 0) is 11.6 Å². The Kier molecular flexibility index (Phi) is 5.76. The number of hydrogen-bond donors (Lipinski definition) is 0. The van der Waals surface area contributed by atoms with Crippen LogP contribution >= 0.6 is 39.3 Å². The van der Waals surface area contributed by atoms with Crippen LogP contribution in [0.15, 0.2) is 76.4 Å². The van der Waals surface area contributed by atoms with E-state index in [2.05, 4.69) is 69.4 Å². The van der Waals surface area contributed by atoms with E-state index in [9.17, 15) is 0 Å². The summed E-state index contributed by atoms with van der Waals surface area (Å²) in [5, 5.41) is 1.01. The first kappa shape index (κ1) is 16.6. The molecule has 0 unspecified atom stereocenters. The van der Waals surface area contributed by atoms with E-state index in [1.54, 1.807) is 11.8 Å². The van der Waals surface area contributed by atoms with Crippen LogP contribution in [0.2, 0.25) is 0 Å². The van der Waals surface area contributed by atoms with Crippen LogP contribution in [0.3, 0.4) is 0 Å². The summed E-state index contributed by atoms with van der Waals surface area (Å²) in [4.78, 5) is 4.45. The van der Waals surface area contributed by atoms with Gasteiger partial charge in [-0.25, -0.2) is 4.98 Å². The van der Waals surface area contributed by atoms with Crippen molar-refractivity contribution in [1.29, 1.82) is 0 Å². The van der Waals surface area contributed by atoms with Gasteiger partial charge in [0.15, 0.2) is 0 Å². The summed E-state index contributed by atoms with van der Waals surface area (Å²) in [7, 11) is 0. The first-order valence-electron chi connectivity index (χ1n) is 7.24. The molecule has 0 bridgehead atoms. The van der Waals surface area contributed by atoms with Gasteiger partial charge in [-0.2, -0.15) is 0 Å². The van der Waals surface area contributed by atoms with Gasteiger partial charge in [-0.15, -0.1) is 23.4 Å². The first-order chi connectivity index (χ1) is 11.3. The molecule has 0 saturated carbocycles. The lowest BCUT2D eigenvalue weighted by Crippen LogP contribution is -1.91. The van der Waals surface area contributed by atoms with Crippen molar-refractivity contribution in [2.45, 2.75) is 16.7 Å². The highest BCUT2D eigenvalue weighted by Crippen LogP contribution is 2.31. The fourth-order valence-electron chi connectivity index (χ4n) is 2.36. The second-order valence-electron chi connectivity index (χ2n) is 5.05. The van der Waals surface area contributed by atoms with E-state index in [0.29, 0.717) is 5.88 Å². The standard InChI is InChI=1S/C19H15BrClNS/c20-17-9-7-14(8-10-17)18-6-2-1-4-16(18)13-23-19-15(12-21)5-3-11-22-19/h1-11H,12-13H2. The summed E-state index contributed by atoms with van der Waals surface area (Å²) in [6.07, 6.45) is 1.82. The van der Waals surface area contributed by atoms with Gasteiger partial charge in [-0.1, -0.05) is 58.4 Å². The van der Waals surface area contributed by atoms with E-state index in [1.165, 1.54) is 16.7 Å². The highest BCUT2D eigenvalue weighted by atomic mass is 79.9. The van der Waals surface area contributed by atoms with Gasteiger partial charge in [0.1, 0.15) is 5.03 Å². The minimum atomic E-state index is 0.491. The normalized spacial score (nSPS) is 10.7. The molecule has 0 aliphatic heterocycles.